The van der Waals surface area contributed by atoms with Crippen LogP contribution in [0.3, 0.4) is 0 Å². The number of anilines is 1. The molecule has 2 rings (SSSR count). The third-order valence-electron chi connectivity index (χ3n) is 3.38. The molecule has 1 fully saturated rings. The van der Waals surface area contributed by atoms with Gasteiger partial charge in [-0.25, -0.2) is 9.37 Å². The fourth-order valence-corrected chi connectivity index (χ4v) is 2.27. The molecular weight excluding hydrogens is 249 g/mol. The second-order valence-electron chi connectivity index (χ2n) is 4.53. The second-order valence-corrected chi connectivity index (χ2v) is 4.53. The summed E-state index contributed by atoms with van der Waals surface area (Å²) in [6, 6.07) is 1.23. The van der Waals surface area contributed by atoms with E-state index in [4.69, 9.17) is 4.74 Å². The predicted octanol–water partition coefficient (Wildman–Crippen LogP) is 1.51. The molecular formula is C13H18FN3O2. The molecule has 2 heterocycles. The first-order valence-electron chi connectivity index (χ1n) is 6.31. The monoisotopic (exact) mass is 267 g/mol. The van der Waals surface area contributed by atoms with Gasteiger partial charge in [0.05, 0.1) is 17.9 Å². The Labute approximate surface area is 111 Å². The summed E-state index contributed by atoms with van der Waals surface area (Å²) in [5.41, 5.74) is 0.276. The van der Waals surface area contributed by atoms with Crippen LogP contribution in [0.25, 0.3) is 0 Å². The van der Waals surface area contributed by atoms with E-state index in [-0.39, 0.29) is 17.6 Å². The molecule has 1 aliphatic heterocycles. The van der Waals surface area contributed by atoms with Gasteiger partial charge in [0.2, 0.25) is 0 Å². The number of carbonyl (C=O) groups is 1. The van der Waals surface area contributed by atoms with Crippen LogP contribution in [0.15, 0.2) is 12.3 Å². The van der Waals surface area contributed by atoms with Crippen LogP contribution in [0.1, 0.15) is 23.2 Å². The fraction of sp³-hybridized carbons (Fsp3) is 0.538. The fourth-order valence-electron chi connectivity index (χ4n) is 2.27. The van der Waals surface area contributed by atoms with Gasteiger partial charge in [0.15, 0.2) is 0 Å². The van der Waals surface area contributed by atoms with Crippen LogP contribution in [0, 0.1) is 5.82 Å². The maximum Gasteiger partial charge on any atom is 0.257 e. The normalized spacial score (nSPS) is 16.5. The van der Waals surface area contributed by atoms with Gasteiger partial charge in [-0.1, -0.05) is 0 Å². The van der Waals surface area contributed by atoms with Gasteiger partial charge in [0.25, 0.3) is 5.91 Å². The lowest BCUT2D eigenvalue weighted by Gasteiger charge is -2.31. The van der Waals surface area contributed by atoms with E-state index in [2.05, 4.69) is 10.3 Å². The Morgan fingerprint density at radius 2 is 2.21 bits per heavy atom. The summed E-state index contributed by atoms with van der Waals surface area (Å²) in [6.07, 6.45) is 2.91. The SMILES string of the molecule is CNc1ncc(F)cc1C(=O)N1CCC(OC)CC1. The zero-order chi connectivity index (χ0) is 13.8. The number of aromatic nitrogens is 1. The summed E-state index contributed by atoms with van der Waals surface area (Å²) in [4.78, 5) is 18.0. The topological polar surface area (TPSA) is 54.5 Å². The van der Waals surface area contributed by atoms with Gasteiger partial charge in [-0.3, -0.25) is 4.79 Å². The minimum absolute atomic E-state index is 0.189. The van der Waals surface area contributed by atoms with Crippen molar-refractivity contribution < 1.29 is 13.9 Å². The van der Waals surface area contributed by atoms with Crippen molar-refractivity contribution in [1.82, 2.24) is 9.88 Å². The van der Waals surface area contributed by atoms with E-state index in [0.29, 0.717) is 18.9 Å². The number of nitrogens with zero attached hydrogens (tertiary/aromatic N) is 2. The molecule has 104 valence electrons. The Kier molecular flexibility index (Phi) is 4.31. The molecule has 1 N–H and O–H groups in total. The molecule has 0 atom stereocenters. The number of rotatable bonds is 3. The molecule has 0 bridgehead atoms. The molecule has 1 saturated heterocycles. The molecule has 0 unspecified atom stereocenters. The lowest BCUT2D eigenvalue weighted by atomic mass is 10.1. The van der Waals surface area contributed by atoms with Crippen molar-refractivity contribution in [3.05, 3.63) is 23.6 Å². The number of ether oxygens (including phenoxy) is 1. The maximum atomic E-state index is 13.2. The maximum absolute atomic E-state index is 13.2. The van der Waals surface area contributed by atoms with Crippen molar-refractivity contribution in [2.45, 2.75) is 18.9 Å². The lowest BCUT2D eigenvalue weighted by molar-refractivity contribution is 0.0351. The Morgan fingerprint density at radius 3 is 2.79 bits per heavy atom. The molecule has 6 heteroatoms. The number of nitrogens with one attached hydrogen (secondary N) is 1. The summed E-state index contributed by atoms with van der Waals surface area (Å²) >= 11 is 0. The van der Waals surface area contributed by atoms with Gasteiger partial charge in [0.1, 0.15) is 11.6 Å². The van der Waals surface area contributed by atoms with E-state index in [0.717, 1.165) is 19.0 Å². The van der Waals surface area contributed by atoms with Crippen LogP contribution in [0.4, 0.5) is 10.2 Å². The van der Waals surface area contributed by atoms with Crippen LogP contribution in [-0.2, 0) is 4.74 Å². The van der Waals surface area contributed by atoms with E-state index in [1.54, 1.807) is 19.1 Å². The number of methoxy groups -OCH3 is 1. The van der Waals surface area contributed by atoms with Gasteiger partial charge < -0.3 is 15.0 Å². The highest BCUT2D eigenvalue weighted by Crippen LogP contribution is 2.19. The Hall–Kier alpha value is -1.69. The number of piperidine rings is 1. The number of halogens is 1. The summed E-state index contributed by atoms with van der Waals surface area (Å²) in [5, 5.41) is 2.81. The van der Waals surface area contributed by atoms with E-state index in [1.165, 1.54) is 6.07 Å². The minimum Gasteiger partial charge on any atom is -0.381 e. The molecule has 0 saturated carbocycles. The summed E-state index contributed by atoms with van der Waals surface area (Å²) in [6.45, 7) is 1.24. The third-order valence-corrected chi connectivity index (χ3v) is 3.38. The number of hydrogen-bond donors (Lipinski definition) is 1. The van der Waals surface area contributed by atoms with Crippen molar-refractivity contribution >= 4 is 11.7 Å². The van der Waals surface area contributed by atoms with E-state index in [1.807, 2.05) is 0 Å². The second kappa shape index (κ2) is 5.97. The van der Waals surface area contributed by atoms with Gasteiger partial charge in [-0.05, 0) is 18.9 Å². The molecule has 1 aromatic heterocycles. The van der Waals surface area contributed by atoms with Gasteiger partial charge in [-0.15, -0.1) is 0 Å². The Morgan fingerprint density at radius 1 is 1.53 bits per heavy atom. The summed E-state index contributed by atoms with van der Waals surface area (Å²) < 4.78 is 18.5. The molecule has 1 aromatic rings. The largest absolute Gasteiger partial charge is 0.381 e. The standard InChI is InChI=1S/C13H18FN3O2/c1-15-12-11(7-9(14)8-16-12)13(18)17-5-3-10(19-2)4-6-17/h7-8,10H,3-6H2,1-2H3,(H,15,16). The molecule has 1 aliphatic rings. The van der Waals surface area contributed by atoms with Crippen LogP contribution in [0.5, 0.6) is 0 Å². The van der Waals surface area contributed by atoms with E-state index < -0.39 is 5.82 Å². The Bertz CT molecular complexity index is 459. The average Bonchev–Trinajstić information content (AvgIpc) is 2.46. The van der Waals surface area contributed by atoms with Crippen molar-refractivity contribution in [2.24, 2.45) is 0 Å². The number of amides is 1. The third kappa shape index (κ3) is 3.01. The number of likely N-dealkylation sites (tertiary alicyclic amines) is 1. The number of carbonyl (C=O) groups excluding carboxylic acids is 1. The van der Waals surface area contributed by atoms with Crippen LogP contribution in [0.2, 0.25) is 0 Å². The highest BCUT2D eigenvalue weighted by Gasteiger charge is 2.25. The quantitative estimate of drug-likeness (QED) is 0.902. The molecule has 5 nitrogen and oxygen atoms in total. The number of pyridine rings is 1. The molecule has 0 aliphatic carbocycles. The Balaban J connectivity index is 2.14. The van der Waals surface area contributed by atoms with Crippen molar-refractivity contribution in [3.8, 4) is 0 Å². The summed E-state index contributed by atoms with van der Waals surface area (Å²) in [5.74, 6) is -0.291. The highest BCUT2D eigenvalue weighted by atomic mass is 19.1. The molecule has 0 aromatic carbocycles. The average molecular weight is 267 g/mol. The van der Waals surface area contributed by atoms with Crippen LogP contribution >= 0.6 is 0 Å². The molecule has 0 radical (unpaired) electrons. The molecule has 19 heavy (non-hydrogen) atoms. The van der Waals surface area contributed by atoms with Gasteiger partial charge in [-0.2, -0.15) is 0 Å². The van der Waals surface area contributed by atoms with E-state index in [9.17, 15) is 9.18 Å². The van der Waals surface area contributed by atoms with Crippen molar-refractivity contribution in [2.75, 3.05) is 32.6 Å². The zero-order valence-electron chi connectivity index (χ0n) is 11.1. The smallest absolute Gasteiger partial charge is 0.257 e. The minimum atomic E-state index is -0.505. The van der Waals surface area contributed by atoms with E-state index >= 15 is 0 Å². The molecule has 1 amide bonds. The van der Waals surface area contributed by atoms with Crippen molar-refractivity contribution in [3.63, 3.8) is 0 Å². The molecule has 0 spiro atoms. The number of hydrogen-bond acceptors (Lipinski definition) is 4. The highest BCUT2D eigenvalue weighted by molar-refractivity contribution is 5.98. The first-order valence-corrected chi connectivity index (χ1v) is 6.31. The van der Waals surface area contributed by atoms with Crippen LogP contribution < -0.4 is 5.32 Å². The van der Waals surface area contributed by atoms with Gasteiger partial charge in [0, 0.05) is 27.2 Å². The van der Waals surface area contributed by atoms with Crippen molar-refractivity contribution in [1.29, 1.82) is 0 Å². The lowest BCUT2D eigenvalue weighted by Crippen LogP contribution is -2.40. The zero-order valence-corrected chi connectivity index (χ0v) is 11.1. The predicted molar refractivity (Wildman–Crippen MR) is 69.7 cm³/mol. The first kappa shape index (κ1) is 13.7. The van der Waals surface area contributed by atoms with Crippen LogP contribution in [-0.4, -0.2) is 49.1 Å². The van der Waals surface area contributed by atoms with Gasteiger partial charge >= 0.3 is 0 Å². The summed E-state index contributed by atoms with van der Waals surface area (Å²) in [7, 11) is 3.34. The first-order chi connectivity index (χ1) is 9.15.